The Balaban J connectivity index is 1.32. The number of hydrogen-bond donors (Lipinski definition) is 4. The Morgan fingerprint density at radius 1 is 1.15 bits per heavy atom. The Hall–Kier alpha value is -3.30. The van der Waals surface area contributed by atoms with Gasteiger partial charge >= 0.3 is 5.69 Å². The third-order valence-electron chi connectivity index (χ3n) is 7.10. The number of nitrogens with two attached hydrogens (primary N) is 2. The van der Waals surface area contributed by atoms with Gasteiger partial charge in [-0.2, -0.15) is 4.98 Å². The molecule has 204 valence electrons. The molecule has 0 radical (unpaired) electrons. The molecule has 4 aromatic rings. The minimum Gasteiger partial charge on any atom is -0.339 e. The van der Waals surface area contributed by atoms with Gasteiger partial charge in [-0.05, 0) is 87.0 Å². The second-order valence-electron chi connectivity index (χ2n) is 10.4. The molecule has 2 atom stereocenters. The number of aryl methyl sites for hydroxylation is 1. The van der Waals surface area contributed by atoms with Crippen molar-refractivity contribution in [1.29, 1.82) is 0 Å². The van der Waals surface area contributed by atoms with Gasteiger partial charge in [-0.15, -0.1) is 0 Å². The van der Waals surface area contributed by atoms with Crippen molar-refractivity contribution in [3.63, 3.8) is 0 Å². The topological polar surface area (TPSA) is 115 Å². The number of nitrogens with zero attached hydrogens (tertiary/aromatic N) is 2. The molecule has 1 aliphatic rings. The van der Waals surface area contributed by atoms with Crippen LogP contribution in [-0.2, 0) is 13.0 Å². The number of allylic oxidation sites excluding steroid dienone is 1. The lowest BCUT2D eigenvalue weighted by atomic mass is 10.0. The van der Waals surface area contributed by atoms with Gasteiger partial charge in [0.2, 0.25) is 0 Å². The first-order valence-electron chi connectivity index (χ1n) is 13.4. The summed E-state index contributed by atoms with van der Waals surface area (Å²) in [5.41, 5.74) is 16.9. The Labute approximate surface area is 232 Å². The largest absolute Gasteiger partial charge is 0.354 e. The van der Waals surface area contributed by atoms with Gasteiger partial charge in [0.05, 0.1) is 16.4 Å². The molecular formula is C30H34ClFN6O. The zero-order valence-electron chi connectivity index (χ0n) is 22.0. The molecule has 9 heteroatoms. The molecule has 1 aliphatic carbocycles. The minimum atomic E-state index is -0.509. The van der Waals surface area contributed by atoms with Gasteiger partial charge < -0.3 is 21.8 Å². The van der Waals surface area contributed by atoms with Gasteiger partial charge in [-0.3, -0.25) is 4.57 Å². The lowest BCUT2D eigenvalue weighted by molar-refractivity contribution is 0.607. The third-order valence-corrected chi connectivity index (χ3v) is 7.38. The van der Waals surface area contributed by atoms with E-state index in [1.54, 1.807) is 24.4 Å². The summed E-state index contributed by atoms with van der Waals surface area (Å²) in [6.07, 6.45) is 8.36. The van der Waals surface area contributed by atoms with Crippen LogP contribution in [0.3, 0.4) is 0 Å². The van der Waals surface area contributed by atoms with E-state index < -0.39 is 11.5 Å². The molecule has 2 heterocycles. The molecule has 2 aromatic carbocycles. The van der Waals surface area contributed by atoms with E-state index in [-0.39, 0.29) is 17.1 Å². The molecule has 7 nitrogen and oxygen atoms in total. The Kier molecular flexibility index (Phi) is 8.28. The van der Waals surface area contributed by atoms with Crippen LogP contribution < -0.4 is 22.5 Å². The van der Waals surface area contributed by atoms with Crippen LogP contribution in [-0.4, -0.2) is 33.2 Å². The van der Waals surface area contributed by atoms with E-state index in [0.29, 0.717) is 28.0 Å². The second kappa shape index (κ2) is 11.8. The molecule has 0 amide bonds. The summed E-state index contributed by atoms with van der Waals surface area (Å²) in [5, 5.41) is 4.17. The molecule has 0 bridgehead atoms. The van der Waals surface area contributed by atoms with E-state index in [1.807, 2.05) is 31.2 Å². The van der Waals surface area contributed by atoms with Gasteiger partial charge in [0.15, 0.2) is 5.82 Å². The minimum absolute atomic E-state index is 0.0622. The van der Waals surface area contributed by atoms with Crippen molar-refractivity contribution in [2.45, 2.75) is 57.7 Å². The summed E-state index contributed by atoms with van der Waals surface area (Å²) in [6.45, 7) is 3.53. The van der Waals surface area contributed by atoms with Gasteiger partial charge in [-0.25, -0.2) is 9.18 Å². The quantitative estimate of drug-likeness (QED) is 0.147. The maximum atomic E-state index is 15.0. The molecule has 0 aliphatic heterocycles. The monoisotopic (exact) mass is 548 g/mol. The van der Waals surface area contributed by atoms with Gasteiger partial charge in [0.25, 0.3) is 0 Å². The zero-order valence-corrected chi connectivity index (χ0v) is 22.8. The summed E-state index contributed by atoms with van der Waals surface area (Å²) >= 11 is 6.23. The lowest BCUT2D eigenvalue weighted by Crippen LogP contribution is -2.25. The maximum Gasteiger partial charge on any atom is 0.354 e. The Morgan fingerprint density at radius 3 is 2.64 bits per heavy atom. The average Bonchev–Trinajstić information content (AvgIpc) is 3.68. The molecule has 0 unspecified atom stereocenters. The number of fused-ring (bicyclic) bond motifs is 1. The molecule has 5 rings (SSSR count). The number of benzene rings is 2. The van der Waals surface area contributed by atoms with Gasteiger partial charge in [-0.1, -0.05) is 35.4 Å². The predicted molar refractivity (Wildman–Crippen MR) is 156 cm³/mol. The lowest BCUT2D eigenvalue weighted by Gasteiger charge is -2.10. The molecular weight excluding hydrogens is 515 g/mol. The molecule has 0 fully saturated rings. The fraction of sp³-hybridized carbons (Fsp3) is 0.333. The predicted octanol–water partition coefficient (Wildman–Crippen LogP) is 4.98. The Bertz CT molecular complexity index is 1560. The van der Waals surface area contributed by atoms with Crippen LogP contribution in [0.25, 0.3) is 28.0 Å². The summed E-state index contributed by atoms with van der Waals surface area (Å²) in [7, 11) is 0. The van der Waals surface area contributed by atoms with E-state index in [0.717, 1.165) is 56.3 Å². The van der Waals surface area contributed by atoms with Crippen LogP contribution in [0.2, 0.25) is 5.02 Å². The van der Waals surface area contributed by atoms with Crippen molar-refractivity contribution >= 4 is 22.6 Å². The number of aromatic amines is 1. The number of nitrogens with one attached hydrogen (secondary N) is 2. The molecule has 0 spiro atoms. The summed E-state index contributed by atoms with van der Waals surface area (Å²) in [6, 6.07) is 13.3. The van der Waals surface area contributed by atoms with E-state index >= 15 is 4.39 Å². The van der Waals surface area contributed by atoms with E-state index in [4.69, 9.17) is 23.1 Å². The van der Waals surface area contributed by atoms with Crippen LogP contribution in [0.1, 0.15) is 43.7 Å². The fourth-order valence-electron chi connectivity index (χ4n) is 4.75. The third kappa shape index (κ3) is 6.65. The highest BCUT2D eigenvalue weighted by molar-refractivity contribution is 6.31. The second-order valence-corrected chi connectivity index (χ2v) is 10.8. The highest BCUT2D eigenvalue weighted by Crippen LogP contribution is 2.31. The SMILES string of the molecule is C[C@H](N)CCCc1cc(Cl)c(F)c(-c2cc3cn(-c4ccc(CNCC[C@@H](N)C5=CC5)cc4)c(=O)nc3[nH]2)c1. The number of hydrogen-bond acceptors (Lipinski definition) is 5. The normalized spacial score (nSPS) is 14.4. The van der Waals surface area contributed by atoms with Gasteiger partial charge in [0, 0.05) is 35.8 Å². The highest BCUT2D eigenvalue weighted by Gasteiger charge is 2.16. The molecule has 0 saturated carbocycles. The molecule has 2 aromatic heterocycles. The number of aromatic nitrogens is 3. The van der Waals surface area contributed by atoms with Gasteiger partial charge in [0.1, 0.15) is 5.65 Å². The number of halogens is 2. The standard InChI is InChI=1S/C30H34ClFN6O/c1-18(33)3-2-4-20-13-24(28(32)25(31)14-20)27-15-22-17-38(30(39)37-29(22)36-27)23-9-5-19(6-10-23)16-35-12-11-26(34)21-7-8-21/h5-7,9-10,13-15,17-18,26,35H,2-4,8,11-12,16,33-34H2,1H3,(H,36,37,39)/t18-,26+/m0/s1. The van der Waals surface area contributed by atoms with Crippen molar-refractivity contribution in [3.05, 3.63) is 92.8 Å². The first-order valence-corrected chi connectivity index (χ1v) is 13.8. The maximum absolute atomic E-state index is 15.0. The van der Waals surface area contributed by atoms with Crippen molar-refractivity contribution in [1.82, 2.24) is 19.9 Å². The first-order chi connectivity index (χ1) is 18.8. The summed E-state index contributed by atoms with van der Waals surface area (Å²) < 4.78 is 16.5. The summed E-state index contributed by atoms with van der Waals surface area (Å²) in [5.74, 6) is -0.509. The van der Waals surface area contributed by atoms with Crippen molar-refractivity contribution in [2.75, 3.05) is 6.54 Å². The van der Waals surface area contributed by atoms with Crippen molar-refractivity contribution < 1.29 is 4.39 Å². The summed E-state index contributed by atoms with van der Waals surface area (Å²) in [4.78, 5) is 20.2. The van der Waals surface area contributed by atoms with Crippen LogP contribution in [0.15, 0.2) is 65.1 Å². The van der Waals surface area contributed by atoms with Crippen molar-refractivity contribution in [3.8, 4) is 16.9 Å². The Morgan fingerprint density at radius 2 is 1.92 bits per heavy atom. The number of H-pyrrole nitrogens is 1. The molecule has 0 saturated heterocycles. The van der Waals surface area contributed by atoms with Crippen LogP contribution >= 0.6 is 11.6 Å². The van der Waals surface area contributed by atoms with E-state index in [1.165, 1.54) is 10.1 Å². The van der Waals surface area contributed by atoms with Crippen LogP contribution in [0.4, 0.5) is 4.39 Å². The first kappa shape index (κ1) is 27.3. The van der Waals surface area contributed by atoms with Crippen LogP contribution in [0, 0.1) is 5.82 Å². The average molecular weight is 549 g/mol. The van der Waals surface area contributed by atoms with Crippen LogP contribution in [0.5, 0.6) is 0 Å². The van der Waals surface area contributed by atoms with E-state index in [2.05, 4.69) is 21.4 Å². The zero-order chi connectivity index (χ0) is 27.5. The fourth-order valence-corrected chi connectivity index (χ4v) is 4.99. The molecule has 39 heavy (non-hydrogen) atoms. The number of rotatable bonds is 12. The van der Waals surface area contributed by atoms with Crippen molar-refractivity contribution in [2.24, 2.45) is 11.5 Å². The van der Waals surface area contributed by atoms with E-state index in [9.17, 15) is 4.79 Å². The smallest absolute Gasteiger partial charge is 0.339 e. The highest BCUT2D eigenvalue weighted by atomic mass is 35.5. The molecule has 6 N–H and O–H groups in total.